The molecule has 4 nitrogen and oxygen atoms in total. The number of ether oxygens (including phenoxy) is 1. The molecule has 0 aliphatic rings. The first-order valence-corrected chi connectivity index (χ1v) is 7.63. The Morgan fingerprint density at radius 1 is 1.52 bits per heavy atom. The van der Waals surface area contributed by atoms with E-state index in [9.17, 15) is 10.1 Å². The Morgan fingerprint density at radius 2 is 2.19 bits per heavy atom. The zero-order valence-corrected chi connectivity index (χ0v) is 14.5. The number of benzene rings is 1. The van der Waals surface area contributed by atoms with Crippen LogP contribution in [0.3, 0.4) is 0 Å². The van der Waals surface area contributed by atoms with E-state index >= 15 is 0 Å². The van der Waals surface area contributed by atoms with Crippen molar-refractivity contribution >= 4 is 21.8 Å². The number of nitrogens with one attached hydrogen (secondary N) is 1. The molecule has 1 amide bonds. The Balaban J connectivity index is 2.92. The molecular weight excluding hydrogens is 332 g/mol. The van der Waals surface area contributed by atoms with Crippen molar-refractivity contribution in [3.05, 3.63) is 33.3 Å². The fourth-order valence-electron chi connectivity index (χ4n) is 2.31. The fourth-order valence-corrected chi connectivity index (χ4v) is 2.93. The number of rotatable bonds is 6. The SMILES string of the molecule is CCc1cc(Br)cc(C)c1CC(=O)NC(C)(C#N)COC. The van der Waals surface area contributed by atoms with E-state index in [1.807, 2.05) is 19.1 Å². The highest BCUT2D eigenvalue weighted by molar-refractivity contribution is 9.10. The lowest BCUT2D eigenvalue weighted by molar-refractivity contribution is -0.122. The third-order valence-electron chi connectivity index (χ3n) is 3.34. The van der Waals surface area contributed by atoms with Crippen molar-refractivity contribution in [1.29, 1.82) is 5.26 Å². The third kappa shape index (κ3) is 4.83. The highest BCUT2D eigenvalue weighted by Gasteiger charge is 2.26. The first kappa shape index (κ1) is 17.7. The van der Waals surface area contributed by atoms with Crippen LogP contribution in [0.2, 0.25) is 0 Å². The lowest BCUT2D eigenvalue weighted by Gasteiger charge is -2.23. The van der Waals surface area contributed by atoms with Crippen LogP contribution < -0.4 is 5.32 Å². The van der Waals surface area contributed by atoms with Gasteiger partial charge in [0, 0.05) is 11.6 Å². The summed E-state index contributed by atoms with van der Waals surface area (Å²) in [6.07, 6.45) is 1.12. The second-order valence-corrected chi connectivity index (χ2v) is 6.23. The summed E-state index contributed by atoms with van der Waals surface area (Å²) in [7, 11) is 1.51. The van der Waals surface area contributed by atoms with E-state index < -0.39 is 5.54 Å². The van der Waals surface area contributed by atoms with Crippen LogP contribution >= 0.6 is 15.9 Å². The molecule has 1 aromatic carbocycles. The lowest BCUT2D eigenvalue weighted by atomic mass is 9.96. The van der Waals surface area contributed by atoms with Gasteiger partial charge in [0.1, 0.15) is 5.54 Å². The molecule has 21 heavy (non-hydrogen) atoms. The molecule has 0 heterocycles. The summed E-state index contributed by atoms with van der Waals surface area (Å²) in [5.74, 6) is -0.170. The summed E-state index contributed by atoms with van der Waals surface area (Å²) in [6.45, 7) is 5.87. The maximum atomic E-state index is 12.2. The Kier molecular flexibility index (Phi) is 6.38. The van der Waals surface area contributed by atoms with Gasteiger partial charge in [0.05, 0.1) is 19.1 Å². The quantitative estimate of drug-likeness (QED) is 0.855. The molecule has 5 heteroatoms. The molecule has 0 aliphatic carbocycles. The van der Waals surface area contributed by atoms with E-state index in [0.29, 0.717) is 0 Å². The van der Waals surface area contributed by atoms with Crippen LogP contribution in [0, 0.1) is 18.3 Å². The summed E-state index contributed by atoms with van der Waals surface area (Å²) in [5, 5.41) is 11.9. The Morgan fingerprint density at radius 3 is 2.71 bits per heavy atom. The molecule has 1 aromatic rings. The third-order valence-corrected chi connectivity index (χ3v) is 3.80. The summed E-state index contributed by atoms with van der Waals surface area (Å²) >= 11 is 3.47. The van der Waals surface area contributed by atoms with Crippen LogP contribution in [0.15, 0.2) is 16.6 Å². The van der Waals surface area contributed by atoms with Crippen LogP contribution in [0.1, 0.15) is 30.5 Å². The number of carbonyl (C=O) groups is 1. The van der Waals surface area contributed by atoms with Crippen LogP contribution in [0.25, 0.3) is 0 Å². The van der Waals surface area contributed by atoms with Crippen LogP contribution in [-0.4, -0.2) is 25.2 Å². The molecule has 0 aromatic heterocycles. The molecular formula is C16H21BrN2O2. The minimum absolute atomic E-state index is 0.162. The molecule has 1 N–H and O–H groups in total. The van der Waals surface area contributed by atoms with Gasteiger partial charge in [-0.25, -0.2) is 0 Å². The molecule has 0 saturated heterocycles. The molecule has 0 aliphatic heterocycles. The van der Waals surface area contributed by atoms with E-state index in [1.165, 1.54) is 7.11 Å². The first-order chi connectivity index (χ1) is 9.85. The van der Waals surface area contributed by atoms with E-state index in [0.717, 1.165) is 27.6 Å². The molecule has 0 saturated carbocycles. The zero-order chi connectivity index (χ0) is 16.0. The molecule has 0 spiro atoms. The summed E-state index contributed by atoms with van der Waals surface area (Å²) in [5.41, 5.74) is 2.24. The minimum Gasteiger partial charge on any atom is -0.381 e. The van der Waals surface area contributed by atoms with Crippen LogP contribution in [0.4, 0.5) is 0 Å². The normalized spacial score (nSPS) is 13.3. The van der Waals surface area contributed by atoms with Crippen LogP contribution in [-0.2, 0) is 22.4 Å². The fraction of sp³-hybridized carbons (Fsp3) is 0.500. The van der Waals surface area contributed by atoms with E-state index in [2.05, 4.69) is 34.2 Å². The average Bonchev–Trinajstić information content (AvgIpc) is 2.41. The molecule has 1 atom stereocenters. The van der Waals surface area contributed by atoms with Gasteiger partial charge in [-0.3, -0.25) is 4.79 Å². The van der Waals surface area contributed by atoms with Gasteiger partial charge in [-0.15, -0.1) is 0 Å². The van der Waals surface area contributed by atoms with E-state index in [1.54, 1.807) is 6.92 Å². The molecule has 1 unspecified atom stereocenters. The maximum Gasteiger partial charge on any atom is 0.225 e. The Labute approximate surface area is 134 Å². The number of nitriles is 1. The lowest BCUT2D eigenvalue weighted by Crippen LogP contribution is -2.48. The Bertz CT molecular complexity index is 566. The number of carbonyl (C=O) groups excluding carboxylic acids is 1. The number of amides is 1. The first-order valence-electron chi connectivity index (χ1n) is 6.84. The second-order valence-electron chi connectivity index (χ2n) is 5.32. The predicted octanol–water partition coefficient (Wildman–Crippen LogP) is 2.91. The minimum atomic E-state index is -0.999. The average molecular weight is 353 g/mol. The monoisotopic (exact) mass is 352 g/mol. The largest absolute Gasteiger partial charge is 0.381 e. The number of halogens is 1. The molecule has 114 valence electrons. The standard InChI is InChI=1S/C16H21BrN2O2/c1-5-12-7-13(17)6-11(2)14(12)8-15(20)19-16(3,9-18)10-21-4/h6-7H,5,8,10H2,1-4H3,(H,19,20). The van der Waals surface area contributed by atoms with Gasteiger partial charge in [0.15, 0.2) is 0 Å². The highest BCUT2D eigenvalue weighted by atomic mass is 79.9. The van der Waals surface area contributed by atoms with Crippen molar-refractivity contribution in [2.24, 2.45) is 0 Å². The summed E-state index contributed by atoms with van der Waals surface area (Å²) in [6, 6.07) is 6.12. The van der Waals surface area contributed by atoms with E-state index in [-0.39, 0.29) is 18.9 Å². The van der Waals surface area contributed by atoms with Gasteiger partial charge in [0.2, 0.25) is 5.91 Å². The van der Waals surface area contributed by atoms with Gasteiger partial charge < -0.3 is 10.1 Å². The molecule has 0 bridgehead atoms. The van der Waals surface area contributed by atoms with Crippen molar-refractivity contribution < 1.29 is 9.53 Å². The summed E-state index contributed by atoms with van der Waals surface area (Å²) < 4.78 is 6.01. The smallest absolute Gasteiger partial charge is 0.225 e. The van der Waals surface area contributed by atoms with Gasteiger partial charge >= 0.3 is 0 Å². The Hall–Kier alpha value is -1.38. The van der Waals surface area contributed by atoms with Crippen molar-refractivity contribution in [3.8, 4) is 6.07 Å². The molecule has 0 fully saturated rings. The van der Waals surface area contributed by atoms with Crippen molar-refractivity contribution in [3.63, 3.8) is 0 Å². The number of methoxy groups -OCH3 is 1. The van der Waals surface area contributed by atoms with Crippen LogP contribution in [0.5, 0.6) is 0 Å². The van der Waals surface area contributed by atoms with Gasteiger partial charge in [-0.2, -0.15) is 5.26 Å². The predicted molar refractivity (Wildman–Crippen MR) is 86.0 cm³/mol. The summed E-state index contributed by atoms with van der Waals surface area (Å²) in [4.78, 5) is 12.2. The highest BCUT2D eigenvalue weighted by Crippen LogP contribution is 2.22. The molecule has 0 radical (unpaired) electrons. The van der Waals surface area contributed by atoms with Crippen molar-refractivity contribution in [2.45, 2.75) is 39.2 Å². The second kappa shape index (κ2) is 7.58. The zero-order valence-electron chi connectivity index (χ0n) is 12.9. The van der Waals surface area contributed by atoms with Gasteiger partial charge in [-0.05, 0) is 49.1 Å². The van der Waals surface area contributed by atoms with E-state index in [4.69, 9.17) is 4.74 Å². The number of nitrogens with zero attached hydrogens (tertiary/aromatic N) is 1. The van der Waals surface area contributed by atoms with Gasteiger partial charge in [0.25, 0.3) is 0 Å². The van der Waals surface area contributed by atoms with Gasteiger partial charge in [-0.1, -0.05) is 22.9 Å². The number of hydrogen-bond donors (Lipinski definition) is 1. The van der Waals surface area contributed by atoms with Crippen molar-refractivity contribution in [2.75, 3.05) is 13.7 Å². The maximum absolute atomic E-state index is 12.2. The van der Waals surface area contributed by atoms with Crippen molar-refractivity contribution in [1.82, 2.24) is 5.32 Å². The topological polar surface area (TPSA) is 62.1 Å². The molecule has 1 rings (SSSR count). The number of hydrogen-bond acceptors (Lipinski definition) is 3. The number of aryl methyl sites for hydroxylation is 2.